The van der Waals surface area contributed by atoms with Gasteiger partial charge in [-0.1, -0.05) is 50.2 Å². The van der Waals surface area contributed by atoms with Crippen LogP contribution in [0.4, 0.5) is 17.1 Å². The Morgan fingerprint density at radius 3 is 2.70 bits per heavy atom. The number of fused-ring (bicyclic) bond motifs is 1. The van der Waals surface area contributed by atoms with E-state index in [4.69, 9.17) is 0 Å². The smallest absolute Gasteiger partial charge is 0.276 e. The summed E-state index contributed by atoms with van der Waals surface area (Å²) in [6.45, 7) is 5.05. The molecule has 4 nitrogen and oxygen atoms in total. The summed E-state index contributed by atoms with van der Waals surface area (Å²) >= 11 is 0. The third kappa shape index (κ3) is 3.43. The van der Waals surface area contributed by atoms with E-state index < -0.39 is 0 Å². The normalized spacial score (nSPS) is 12.9. The van der Waals surface area contributed by atoms with Crippen LogP contribution in [-0.4, -0.2) is 17.4 Å². The zero-order chi connectivity index (χ0) is 18.8. The first-order valence-corrected chi connectivity index (χ1v) is 9.35. The molecule has 0 atom stereocenters. The predicted octanol–water partition coefficient (Wildman–Crippen LogP) is 5.15. The molecule has 0 aliphatic carbocycles. The Hall–Kier alpha value is -3.14. The van der Waals surface area contributed by atoms with Gasteiger partial charge >= 0.3 is 0 Å². The molecule has 2 aromatic carbocycles. The molecule has 1 N–H and O–H groups in total. The van der Waals surface area contributed by atoms with E-state index in [2.05, 4.69) is 42.3 Å². The van der Waals surface area contributed by atoms with Gasteiger partial charge in [0, 0.05) is 29.8 Å². The molecule has 0 bridgehead atoms. The number of amides is 1. The molecule has 1 aliphatic rings. The highest BCUT2D eigenvalue weighted by Crippen LogP contribution is 2.30. The monoisotopic (exact) mass is 357 g/mol. The van der Waals surface area contributed by atoms with Crippen LogP contribution in [0.25, 0.3) is 0 Å². The number of carbonyl (C=O) groups is 1. The third-order valence-electron chi connectivity index (χ3n) is 4.97. The minimum absolute atomic E-state index is 0.0549. The second kappa shape index (κ2) is 7.23. The van der Waals surface area contributed by atoms with Gasteiger partial charge in [0.2, 0.25) is 0 Å². The van der Waals surface area contributed by atoms with Gasteiger partial charge in [0.05, 0.1) is 0 Å². The maximum Gasteiger partial charge on any atom is 0.276 e. The molecule has 4 heteroatoms. The van der Waals surface area contributed by atoms with Gasteiger partial charge in [-0.05, 0) is 47.7 Å². The van der Waals surface area contributed by atoms with Gasteiger partial charge in [-0.3, -0.25) is 9.78 Å². The first kappa shape index (κ1) is 17.3. The Labute approximate surface area is 159 Å². The molecule has 136 valence electrons. The molecule has 27 heavy (non-hydrogen) atoms. The average molecular weight is 357 g/mol. The fourth-order valence-electron chi connectivity index (χ4n) is 3.58. The molecule has 4 rings (SSSR count). The van der Waals surface area contributed by atoms with Gasteiger partial charge < -0.3 is 10.2 Å². The number of nitrogens with one attached hydrogen (secondary N) is 1. The minimum Gasteiger partial charge on any atom is -0.355 e. The molecule has 1 aromatic heterocycles. The largest absolute Gasteiger partial charge is 0.355 e. The van der Waals surface area contributed by atoms with Gasteiger partial charge in [-0.2, -0.15) is 0 Å². The molecule has 0 saturated carbocycles. The summed E-state index contributed by atoms with van der Waals surface area (Å²) in [5.74, 6) is 0.360. The Kier molecular flexibility index (Phi) is 4.63. The van der Waals surface area contributed by atoms with Crippen LogP contribution >= 0.6 is 0 Å². The Bertz CT molecular complexity index is 981. The quantitative estimate of drug-likeness (QED) is 0.702. The van der Waals surface area contributed by atoms with Crippen LogP contribution in [0.2, 0.25) is 0 Å². The maximum absolute atomic E-state index is 13.0. The lowest BCUT2D eigenvalue weighted by Crippen LogP contribution is -2.29. The van der Waals surface area contributed by atoms with Crippen LogP contribution in [0.1, 0.15) is 41.4 Å². The van der Waals surface area contributed by atoms with E-state index in [1.165, 1.54) is 11.1 Å². The van der Waals surface area contributed by atoms with Crippen LogP contribution in [0.5, 0.6) is 0 Å². The highest BCUT2D eigenvalue weighted by Gasteiger charge is 2.26. The lowest BCUT2D eigenvalue weighted by atomic mass is 10.0. The fourth-order valence-corrected chi connectivity index (χ4v) is 3.58. The zero-order valence-electron chi connectivity index (χ0n) is 15.6. The molecule has 0 spiro atoms. The van der Waals surface area contributed by atoms with Crippen LogP contribution in [-0.2, 0) is 6.42 Å². The van der Waals surface area contributed by atoms with Gasteiger partial charge in [0.15, 0.2) is 0 Å². The highest BCUT2D eigenvalue weighted by atomic mass is 16.2. The molecule has 0 fully saturated rings. The minimum atomic E-state index is -0.0549. The topological polar surface area (TPSA) is 45.2 Å². The second-order valence-electron chi connectivity index (χ2n) is 7.13. The number of carbonyl (C=O) groups excluding carboxylic acids is 1. The van der Waals surface area contributed by atoms with Crippen LogP contribution < -0.4 is 10.2 Å². The van der Waals surface area contributed by atoms with Crippen LogP contribution in [0, 0.1) is 0 Å². The summed E-state index contributed by atoms with van der Waals surface area (Å²) in [5, 5.41) is 3.45. The standard InChI is InChI=1S/C23H23N3O/c1-16(2)19-8-4-5-9-20(19)25-18-11-13-24-21(15-18)23(27)26-14-12-17-7-3-6-10-22(17)26/h3-11,13,15-16H,12,14H2,1-2H3,(H,24,25). The maximum atomic E-state index is 13.0. The summed E-state index contributed by atoms with van der Waals surface area (Å²) < 4.78 is 0. The van der Waals surface area contributed by atoms with Crippen molar-refractivity contribution in [2.24, 2.45) is 0 Å². The first-order chi connectivity index (χ1) is 13.1. The predicted molar refractivity (Wildman–Crippen MR) is 110 cm³/mol. The zero-order valence-corrected chi connectivity index (χ0v) is 15.6. The van der Waals surface area contributed by atoms with Crippen molar-refractivity contribution in [3.05, 3.63) is 83.7 Å². The summed E-state index contributed by atoms with van der Waals surface area (Å²) in [5.41, 5.74) is 5.84. The summed E-state index contributed by atoms with van der Waals surface area (Å²) in [7, 11) is 0. The van der Waals surface area contributed by atoms with Crippen molar-refractivity contribution in [3.8, 4) is 0 Å². The Balaban J connectivity index is 1.60. The van der Waals surface area contributed by atoms with E-state index in [1.54, 1.807) is 6.20 Å². The van der Waals surface area contributed by atoms with Gasteiger partial charge in [-0.15, -0.1) is 0 Å². The number of para-hydroxylation sites is 2. The van der Waals surface area contributed by atoms with Gasteiger partial charge in [0.1, 0.15) is 5.69 Å². The molecule has 1 aliphatic heterocycles. The second-order valence-corrected chi connectivity index (χ2v) is 7.13. The number of pyridine rings is 1. The fraction of sp³-hybridized carbons (Fsp3) is 0.217. The van der Waals surface area contributed by atoms with Crippen LogP contribution in [0.3, 0.4) is 0 Å². The number of nitrogens with zero attached hydrogens (tertiary/aromatic N) is 2. The van der Waals surface area contributed by atoms with Crippen molar-refractivity contribution in [3.63, 3.8) is 0 Å². The lowest BCUT2D eigenvalue weighted by molar-refractivity contribution is 0.0984. The van der Waals surface area contributed by atoms with Gasteiger partial charge in [0.25, 0.3) is 5.91 Å². The van der Waals surface area contributed by atoms with E-state index in [0.29, 0.717) is 18.2 Å². The molecule has 3 aromatic rings. The molecule has 0 radical (unpaired) electrons. The number of rotatable bonds is 4. The van der Waals surface area contributed by atoms with Crippen molar-refractivity contribution < 1.29 is 4.79 Å². The number of aromatic nitrogens is 1. The third-order valence-corrected chi connectivity index (χ3v) is 4.97. The molecule has 2 heterocycles. The highest BCUT2D eigenvalue weighted by molar-refractivity contribution is 6.06. The summed E-state index contributed by atoms with van der Waals surface area (Å²) in [6, 6.07) is 20.1. The van der Waals surface area contributed by atoms with E-state index in [1.807, 2.05) is 47.4 Å². The first-order valence-electron chi connectivity index (χ1n) is 9.35. The summed E-state index contributed by atoms with van der Waals surface area (Å²) in [6.07, 6.45) is 2.58. The Morgan fingerprint density at radius 2 is 1.85 bits per heavy atom. The van der Waals surface area contributed by atoms with E-state index >= 15 is 0 Å². The molecule has 0 saturated heterocycles. The van der Waals surface area contributed by atoms with Gasteiger partial charge in [-0.25, -0.2) is 0 Å². The molecule has 0 unspecified atom stereocenters. The number of hydrogen-bond acceptors (Lipinski definition) is 3. The molecular formula is C23H23N3O. The lowest BCUT2D eigenvalue weighted by Gasteiger charge is -2.18. The SMILES string of the molecule is CC(C)c1ccccc1Nc1ccnc(C(=O)N2CCc3ccccc32)c1. The number of benzene rings is 2. The van der Waals surface area contributed by atoms with Crippen molar-refractivity contribution in [1.29, 1.82) is 0 Å². The number of hydrogen-bond donors (Lipinski definition) is 1. The van der Waals surface area contributed by atoms with Crippen molar-refractivity contribution >= 4 is 23.0 Å². The van der Waals surface area contributed by atoms with E-state index in [9.17, 15) is 4.79 Å². The molecule has 1 amide bonds. The van der Waals surface area contributed by atoms with Crippen LogP contribution in [0.15, 0.2) is 66.9 Å². The van der Waals surface area contributed by atoms with E-state index in [-0.39, 0.29) is 5.91 Å². The van der Waals surface area contributed by atoms with Crippen molar-refractivity contribution in [1.82, 2.24) is 4.98 Å². The number of anilines is 3. The Morgan fingerprint density at radius 1 is 1.07 bits per heavy atom. The summed E-state index contributed by atoms with van der Waals surface area (Å²) in [4.78, 5) is 19.2. The van der Waals surface area contributed by atoms with Crippen molar-refractivity contribution in [2.45, 2.75) is 26.2 Å². The molecular weight excluding hydrogens is 334 g/mol. The van der Waals surface area contributed by atoms with E-state index in [0.717, 1.165) is 23.5 Å². The van der Waals surface area contributed by atoms with Crippen molar-refractivity contribution in [2.75, 3.05) is 16.8 Å². The average Bonchev–Trinajstić information content (AvgIpc) is 3.12.